The third-order valence-corrected chi connectivity index (χ3v) is 2.37. The van der Waals surface area contributed by atoms with Crippen molar-refractivity contribution >= 4 is 11.9 Å². The van der Waals surface area contributed by atoms with E-state index in [0.29, 0.717) is 6.54 Å². The van der Waals surface area contributed by atoms with E-state index in [0.717, 1.165) is 19.3 Å². The van der Waals surface area contributed by atoms with E-state index in [9.17, 15) is 9.59 Å². The molecule has 0 heterocycles. The van der Waals surface area contributed by atoms with Crippen LogP contribution in [0.15, 0.2) is 23.8 Å². The van der Waals surface area contributed by atoms with Gasteiger partial charge in [0.1, 0.15) is 0 Å². The first-order chi connectivity index (χ1) is 7.68. The van der Waals surface area contributed by atoms with Gasteiger partial charge in [-0.2, -0.15) is 0 Å². The van der Waals surface area contributed by atoms with Gasteiger partial charge in [0.05, 0.1) is 6.42 Å². The van der Waals surface area contributed by atoms with Crippen molar-refractivity contribution in [3.63, 3.8) is 0 Å². The fraction of sp³-hybridized carbons (Fsp3) is 0.500. The molecule has 1 rings (SSSR count). The van der Waals surface area contributed by atoms with Crippen molar-refractivity contribution in [3.8, 4) is 0 Å². The van der Waals surface area contributed by atoms with Crippen molar-refractivity contribution in [2.75, 3.05) is 6.54 Å². The smallest absolute Gasteiger partial charge is 0.303 e. The van der Waals surface area contributed by atoms with Crippen LogP contribution in [0.5, 0.6) is 0 Å². The second kappa shape index (κ2) is 6.82. The highest BCUT2D eigenvalue weighted by Gasteiger charge is 2.04. The summed E-state index contributed by atoms with van der Waals surface area (Å²) in [7, 11) is 0. The number of hydrogen-bond donors (Lipinski definition) is 2. The largest absolute Gasteiger partial charge is 0.481 e. The number of amides is 1. The average molecular weight is 223 g/mol. The van der Waals surface area contributed by atoms with Crippen LogP contribution in [0.3, 0.4) is 0 Å². The van der Waals surface area contributed by atoms with Crippen molar-refractivity contribution in [2.24, 2.45) is 0 Å². The van der Waals surface area contributed by atoms with Crippen molar-refractivity contribution in [1.82, 2.24) is 5.32 Å². The van der Waals surface area contributed by atoms with Crippen LogP contribution in [0, 0.1) is 0 Å². The topological polar surface area (TPSA) is 66.4 Å². The van der Waals surface area contributed by atoms with E-state index >= 15 is 0 Å². The number of carboxylic acid groups (broad SMARTS) is 1. The molecule has 0 aliphatic heterocycles. The first kappa shape index (κ1) is 12.5. The molecule has 1 aliphatic carbocycles. The number of aliphatic carboxylic acids is 1. The molecule has 0 atom stereocenters. The van der Waals surface area contributed by atoms with Gasteiger partial charge in [-0.15, -0.1) is 0 Å². The summed E-state index contributed by atoms with van der Waals surface area (Å²) in [5.41, 5.74) is 1.24. The van der Waals surface area contributed by atoms with E-state index < -0.39 is 5.97 Å². The van der Waals surface area contributed by atoms with Gasteiger partial charge in [0, 0.05) is 13.0 Å². The van der Waals surface area contributed by atoms with Crippen molar-refractivity contribution in [3.05, 3.63) is 23.8 Å². The third kappa shape index (κ3) is 5.34. The van der Waals surface area contributed by atoms with Gasteiger partial charge in [-0.1, -0.05) is 23.8 Å². The maximum absolute atomic E-state index is 11.2. The fourth-order valence-electron chi connectivity index (χ4n) is 1.51. The quantitative estimate of drug-likeness (QED) is 0.719. The number of carbonyl (C=O) groups is 2. The van der Waals surface area contributed by atoms with Crippen LogP contribution in [0.4, 0.5) is 0 Å². The summed E-state index contributed by atoms with van der Waals surface area (Å²) in [6.07, 6.45) is 9.30. The number of hydrogen-bond acceptors (Lipinski definition) is 2. The van der Waals surface area contributed by atoms with Gasteiger partial charge in [0.2, 0.25) is 5.91 Å². The van der Waals surface area contributed by atoms with Gasteiger partial charge in [-0.25, -0.2) is 0 Å². The van der Waals surface area contributed by atoms with Gasteiger partial charge in [-0.05, 0) is 19.3 Å². The van der Waals surface area contributed by atoms with Crippen LogP contribution in [-0.2, 0) is 9.59 Å². The lowest BCUT2D eigenvalue weighted by atomic mass is 10.0. The van der Waals surface area contributed by atoms with Crippen LogP contribution in [0.2, 0.25) is 0 Å². The van der Waals surface area contributed by atoms with Crippen LogP contribution in [0.1, 0.15) is 32.1 Å². The zero-order chi connectivity index (χ0) is 11.8. The van der Waals surface area contributed by atoms with E-state index in [4.69, 9.17) is 5.11 Å². The SMILES string of the molecule is O=C(O)CCC(=O)NCCC1=CCCC=C1. The predicted octanol–water partition coefficient (Wildman–Crippen LogP) is 1.63. The van der Waals surface area contributed by atoms with Gasteiger partial charge in [0.25, 0.3) is 0 Å². The molecule has 0 aromatic carbocycles. The monoisotopic (exact) mass is 223 g/mol. The Morgan fingerprint density at radius 2 is 2.12 bits per heavy atom. The molecule has 2 N–H and O–H groups in total. The van der Waals surface area contributed by atoms with E-state index in [1.54, 1.807) is 0 Å². The molecule has 1 amide bonds. The van der Waals surface area contributed by atoms with Gasteiger partial charge < -0.3 is 10.4 Å². The Morgan fingerprint density at radius 3 is 2.75 bits per heavy atom. The highest BCUT2D eigenvalue weighted by Crippen LogP contribution is 2.11. The number of carbonyl (C=O) groups excluding carboxylic acids is 1. The molecule has 0 saturated heterocycles. The molecular formula is C12H17NO3. The zero-order valence-electron chi connectivity index (χ0n) is 9.24. The number of allylic oxidation sites excluding steroid dienone is 3. The number of rotatable bonds is 6. The summed E-state index contributed by atoms with van der Waals surface area (Å²) in [4.78, 5) is 21.4. The van der Waals surface area contributed by atoms with Crippen LogP contribution >= 0.6 is 0 Å². The summed E-state index contributed by atoms with van der Waals surface area (Å²) in [5.74, 6) is -1.13. The summed E-state index contributed by atoms with van der Waals surface area (Å²) in [6, 6.07) is 0. The standard InChI is InChI=1S/C12H17NO3/c14-11(6-7-12(15)16)13-9-8-10-4-2-1-3-5-10/h2,4-5H,1,3,6-9H2,(H,13,14)(H,15,16). The van der Waals surface area contributed by atoms with Crippen molar-refractivity contribution in [1.29, 1.82) is 0 Å². The Bertz CT molecular complexity index is 318. The van der Waals surface area contributed by atoms with E-state index in [1.165, 1.54) is 5.57 Å². The molecule has 88 valence electrons. The number of nitrogens with one attached hydrogen (secondary N) is 1. The molecule has 0 radical (unpaired) electrons. The lowest BCUT2D eigenvalue weighted by molar-refractivity contribution is -0.138. The van der Waals surface area contributed by atoms with Crippen molar-refractivity contribution < 1.29 is 14.7 Å². The lowest BCUT2D eigenvalue weighted by Crippen LogP contribution is -2.25. The molecule has 0 fully saturated rings. The Kier molecular flexibility index (Phi) is 5.32. The summed E-state index contributed by atoms with van der Waals surface area (Å²) < 4.78 is 0. The molecule has 16 heavy (non-hydrogen) atoms. The number of carboxylic acids is 1. The Labute approximate surface area is 95.0 Å². The normalized spacial score (nSPS) is 14.4. The van der Waals surface area contributed by atoms with Gasteiger partial charge in [-0.3, -0.25) is 9.59 Å². The average Bonchev–Trinajstić information content (AvgIpc) is 2.28. The van der Waals surface area contributed by atoms with Crippen molar-refractivity contribution in [2.45, 2.75) is 32.1 Å². The van der Waals surface area contributed by atoms with Crippen LogP contribution in [-0.4, -0.2) is 23.5 Å². The molecule has 0 unspecified atom stereocenters. The molecule has 1 aliphatic rings. The highest BCUT2D eigenvalue weighted by atomic mass is 16.4. The maximum atomic E-state index is 11.2. The van der Waals surface area contributed by atoms with Gasteiger partial charge >= 0.3 is 5.97 Å². The minimum Gasteiger partial charge on any atom is -0.481 e. The predicted molar refractivity (Wildman–Crippen MR) is 61.0 cm³/mol. The molecule has 4 heteroatoms. The summed E-state index contributed by atoms with van der Waals surface area (Å²) in [6.45, 7) is 0.578. The highest BCUT2D eigenvalue weighted by molar-refractivity contribution is 5.80. The zero-order valence-corrected chi connectivity index (χ0v) is 9.24. The Morgan fingerprint density at radius 1 is 1.31 bits per heavy atom. The summed E-state index contributed by atoms with van der Waals surface area (Å²) in [5, 5.41) is 11.1. The maximum Gasteiger partial charge on any atom is 0.303 e. The fourth-order valence-corrected chi connectivity index (χ4v) is 1.51. The first-order valence-corrected chi connectivity index (χ1v) is 5.52. The first-order valence-electron chi connectivity index (χ1n) is 5.52. The minimum absolute atomic E-state index is 0.0597. The van der Waals surface area contributed by atoms with Gasteiger partial charge in [0.15, 0.2) is 0 Å². The van der Waals surface area contributed by atoms with E-state index in [-0.39, 0.29) is 18.7 Å². The lowest BCUT2D eigenvalue weighted by Gasteiger charge is -2.07. The molecule has 0 saturated carbocycles. The summed E-state index contributed by atoms with van der Waals surface area (Å²) >= 11 is 0. The van der Waals surface area contributed by atoms with Crippen LogP contribution < -0.4 is 5.32 Å². The second-order valence-corrected chi connectivity index (χ2v) is 3.75. The van der Waals surface area contributed by atoms with Crippen LogP contribution in [0.25, 0.3) is 0 Å². The molecule has 0 spiro atoms. The Balaban J connectivity index is 2.10. The van der Waals surface area contributed by atoms with E-state index in [1.807, 2.05) is 0 Å². The molecule has 0 bridgehead atoms. The van der Waals surface area contributed by atoms with E-state index in [2.05, 4.69) is 23.5 Å². The third-order valence-electron chi connectivity index (χ3n) is 2.37. The minimum atomic E-state index is -0.937. The molecule has 0 aromatic heterocycles. The molecular weight excluding hydrogens is 206 g/mol. The molecule has 0 aromatic rings. The Hall–Kier alpha value is -1.58. The second-order valence-electron chi connectivity index (χ2n) is 3.75. The molecule has 4 nitrogen and oxygen atoms in total.